The van der Waals surface area contributed by atoms with E-state index in [-0.39, 0.29) is 23.5 Å². The largest absolute Gasteiger partial charge is 0.377 e. The summed E-state index contributed by atoms with van der Waals surface area (Å²) in [5.74, 6) is -0.303. The second-order valence-electron chi connectivity index (χ2n) is 8.08. The fourth-order valence-electron chi connectivity index (χ4n) is 3.72. The Balaban J connectivity index is 1.26. The van der Waals surface area contributed by atoms with Crippen LogP contribution in [0.15, 0.2) is 94.2 Å². The Morgan fingerprint density at radius 3 is 2.57 bits per heavy atom. The summed E-state index contributed by atoms with van der Waals surface area (Å²) in [6.07, 6.45) is 6.99. The molecule has 5 rings (SSSR count). The van der Waals surface area contributed by atoms with E-state index >= 15 is 0 Å². The first-order chi connectivity index (χ1) is 18.2. The lowest BCUT2D eigenvalue weighted by Crippen LogP contribution is -2.62. The van der Waals surface area contributed by atoms with Crippen LogP contribution in [0.4, 0.5) is 11.6 Å². The van der Waals surface area contributed by atoms with Gasteiger partial charge in [-0.2, -0.15) is 0 Å². The summed E-state index contributed by atoms with van der Waals surface area (Å²) < 4.78 is 10.6. The molecule has 10 nitrogen and oxygen atoms in total. The summed E-state index contributed by atoms with van der Waals surface area (Å²) in [4.78, 5) is 33.4. The summed E-state index contributed by atoms with van der Waals surface area (Å²) in [7, 11) is 0. The summed E-state index contributed by atoms with van der Waals surface area (Å²) >= 11 is 1.17. The molecule has 0 atom stereocenters. The van der Waals surface area contributed by atoms with Crippen molar-refractivity contribution in [1.82, 2.24) is 5.27 Å². The number of aromatic nitrogens is 2. The maximum atomic E-state index is 13.2. The molecule has 2 aromatic carbocycles. The number of benzene rings is 2. The minimum absolute atomic E-state index is 0.0286. The van der Waals surface area contributed by atoms with Gasteiger partial charge in [0.1, 0.15) is 5.70 Å². The highest BCUT2D eigenvalue weighted by molar-refractivity contribution is 8.14. The summed E-state index contributed by atoms with van der Waals surface area (Å²) in [6, 6.07) is 19.0. The highest BCUT2D eigenvalue weighted by Gasteiger charge is 2.32. The Kier molecular flexibility index (Phi) is 7.72. The minimum Gasteiger partial charge on any atom is -0.377 e. The van der Waals surface area contributed by atoms with E-state index in [4.69, 9.17) is 9.26 Å². The number of carbonyl (C=O) groups is 2. The molecule has 0 spiro atoms. The average molecular weight is 518 g/mol. The molecular weight excluding hydrogens is 492 g/mol. The number of nitrogens with one attached hydrogen (secondary N) is 1. The number of para-hydroxylation sites is 1. The molecule has 2 aliphatic rings. The second-order valence-corrected chi connectivity index (χ2v) is 9.02. The van der Waals surface area contributed by atoms with Crippen molar-refractivity contribution < 1.29 is 23.6 Å². The number of amides is 2. The molecule has 37 heavy (non-hydrogen) atoms. The van der Waals surface area contributed by atoms with E-state index in [0.29, 0.717) is 42.9 Å². The number of nitrogens with zero attached hydrogens (tertiary/aromatic N) is 5. The van der Waals surface area contributed by atoms with Crippen molar-refractivity contribution in [3.05, 3.63) is 90.3 Å². The quantitative estimate of drug-likeness (QED) is 0.380. The van der Waals surface area contributed by atoms with Gasteiger partial charge in [0.25, 0.3) is 12.1 Å². The molecule has 0 aliphatic carbocycles. The number of allylic oxidation sites excluding steroid dienone is 2. The van der Waals surface area contributed by atoms with Gasteiger partial charge in [0.15, 0.2) is 5.17 Å². The predicted octanol–water partition coefficient (Wildman–Crippen LogP) is 2.60. The van der Waals surface area contributed by atoms with Crippen molar-refractivity contribution >= 4 is 46.4 Å². The second kappa shape index (κ2) is 11.7. The lowest BCUT2D eigenvalue weighted by Gasteiger charge is -2.18. The van der Waals surface area contributed by atoms with E-state index in [9.17, 15) is 9.59 Å². The first-order valence-corrected chi connectivity index (χ1v) is 12.7. The number of hydrogen-bond donors (Lipinski definition) is 1. The van der Waals surface area contributed by atoms with Gasteiger partial charge in [-0.05, 0) is 23.8 Å². The number of aliphatic imine (C=N–C) groups is 1. The molecule has 1 saturated heterocycles. The van der Waals surface area contributed by atoms with E-state index in [1.807, 2.05) is 71.7 Å². The zero-order valence-corrected chi connectivity index (χ0v) is 20.7. The highest BCUT2D eigenvalue weighted by atomic mass is 32.2. The molecule has 3 aromatic rings. The van der Waals surface area contributed by atoms with Crippen LogP contribution in [0.2, 0.25) is 0 Å². The predicted molar refractivity (Wildman–Crippen MR) is 141 cm³/mol. The fraction of sp³-hybridized carbons (Fsp3) is 0.192. The summed E-state index contributed by atoms with van der Waals surface area (Å²) in [5, 5.41) is 9.03. The molecule has 2 amide bonds. The molecule has 3 heterocycles. The Morgan fingerprint density at radius 1 is 1.08 bits per heavy atom. The first-order valence-electron chi connectivity index (χ1n) is 11.7. The summed E-state index contributed by atoms with van der Waals surface area (Å²) in [6.45, 7) is 2.57. The molecule has 188 valence electrons. The van der Waals surface area contributed by atoms with Crippen molar-refractivity contribution in [1.29, 1.82) is 0 Å². The van der Waals surface area contributed by atoms with Crippen LogP contribution in [0.25, 0.3) is 6.08 Å². The molecular formula is C26H25N6O4S+. The molecule has 0 unspecified atom stereocenters. The third-order valence-electron chi connectivity index (χ3n) is 5.51. The number of anilines is 2. The van der Waals surface area contributed by atoms with Crippen molar-refractivity contribution in [2.45, 2.75) is 0 Å². The van der Waals surface area contributed by atoms with Crippen LogP contribution in [-0.2, 0) is 14.3 Å². The Bertz CT molecular complexity index is 1330. The van der Waals surface area contributed by atoms with Gasteiger partial charge in [0, 0.05) is 0 Å². The average Bonchev–Trinajstić information content (AvgIpc) is 3.53. The van der Waals surface area contributed by atoms with E-state index in [2.05, 4.69) is 15.6 Å². The molecule has 1 aromatic heterocycles. The maximum Gasteiger partial charge on any atom is 0.305 e. The SMILES string of the molecule is O=C(CSC1=N/C(=C/C=C/c2ccccc2)C(=O)N1c1ccccc1)Nc1c[n+](N2CCOCC2)no1. The normalized spacial score (nSPS) is 17.0. The van der Waals surface area contributed by atoms with Crippen LogP contribution < -0.4 is 20.0 Å². The van der Waals surface area contributed by atoms with Crippen LogP contribution in [0.1, 0.15) is 5.56 Å². The van der Waals surface area contributed by atoms with Gasteiger partial charge in [-0.3, -0.25) is 24.3 Å². The van der Waals surface area contributed by atoms with Gasteiger partial charge in [0.2, 0.25) is 11.2 Å². The van der Waals surface area contributed by atoms with E-state index in [0.717, 1.165) is 5.56 Å². The van der Waals surface area contributed by atoms with Crippen molar-refractivity contribution in [2.24, 2.45) is 4.99 Å². The van der Waals surface area contributed by atoms with Gasteiger partial charge in [0.05, 0.1) is 42.5 Å². The number of carbonyl (C=O) groups excluding carboxylic acids is 2. The molecule has 1 N–H and O–H groups in total. The third kappa shape index (κ3) is 6.13. The first kappa shape index (κ1) is 24.5. The summed E-state index contributed by atoms with van der Waals surface area (Å²) in [5.41, 5.74) is 1.99. The fourth-order valence-corrected chi connectivity index (χ4v) is 4.53. The van der Waals surface area contributed by atoms with E-state index < -0.39 is 0 Å². The molecule has 1 fully saturated rings. The Morgan fingerprint density at radius 2 is 1.81 bits per heavy atom. The molecule has 11 heteroatoms. The number of ether oxygens (including phenoxy) is 1. The molecule has 0 radical (unpaired) electrons. The van der Waals surface area contributed by atoms with Crippen LogP contribution in [0, 0.1) is 0 Å². The zero-order chi connectivity index (χ0) is 25.5. The molecule has 0 bridgehead atoms. The minimum atomic E-state index is -0.306. The standard InChI is InChI=1S/C26H24N6O4S/c33-23(28-24-18-31(29-36-24)30-14-16-35-17-15-30)19-37-26-27-22(13-7-10-20-8-3-1-4-9-20)25(34)32(26)21-11-5-2-6-12-21/h1-13,18H,14-17,19H2/p+1/b10-7+,22-13+. The van der Waals surface area contributed by atoms with Gasteiger partial charge in [-0.1, -0.05) is 72.4 Å². The lowest BCUT2D eigenvalue weighted by atomic mass is 10.2. The number of morpholine rings is 1. The van der Waals surface area contributed by atoms with Crippen molar-refractivity contribution in [3.8, 4) is 0 Å². The monoisotopic (exact) mass is 517 g/mol. The molecule has 2 aliphatic heterocycles. The lowest BCUT2D eigenvalue weighted by molar-refractivity contribution is -0.759. The van der Waals surface area contributed by atoms with Crippen molar-refractivity contribution in [3.63, 3.8) is 0 Å². The smallest absolute Gasteiger partial charge is 0.305 e. The van der Waals surface area contributed by atoms with Crippen molar-refractivity contribution in [2.75, 3.05) is 47.3 Å². The highest BCUT2D eigenvalue weighted by Crippen LogP contribution is 2.28. The van der Waals surface area contributed by atoms with Crippen LogP contribution in [-0.4, -0.2) is 54.3 Å². The van der Waals surface area contributed by atoms with Gasteiger partial charge < -0.3 is 4.74 Å². The van der Waals surface area contributed by atoms with Gasteiger partial charge in [-0.25, -0.2) is 4.99 Å². The van der Waals surface area contributed by atoms with Crippen LogP contribution >= 0.6 is 11.8 Å². The molecule has 0 saturated carbocycles. The van der Waals surface area contributed by atoms with E-state index in [1.54, 1.807) is 23.1 Å². The van der Waals surface area contributed by atoms with Gasteiger partial charge in [-0.15, -0.1) is 5.01 Å². The Hall–Kier alpha value is -4.22. The number of rotatable bonds is 7. The van der Waals surface area contributed by atoms with Crippen LogP contribution in [0.5, 0.6) is 0 Å². The number of hydrogen-bond acceptors (Lipinski definition) is 8. The number of amidine groups is 1. The Labute approximate surface area is 217 Å². The third-order valence-corrected chi connectivity index (χ3v) is 6.45. The number of thioether (sulfide) groups is 1. The maximum absolute atomic E-state index is 13.2. The van der Waals surface area contributed by atoms with Crippen LogP contribution in [0.3, 0.4) is 0 Å². The topological polar surface area (TPSA) is 104 Å². The zero-order valence-electron chi connectivity index (χ0n) is 19.9. The van der Waals surface area contributed by atoms with E-state index in [1.165, 1.54) is 16.7 Å². The van der Waals surface area contributed by atoms with Gasteiger partial charge >= 0.3 is 5.88 Å².